The number of nitrogens with zero attached hydrogens (tertiary/aromatic N) is 5. The third kappa shape index (κ3) is 2.90. The molecule has 1 unspecified atom stereocenters. The summed E-state index contributed by atoms with van der Waals surface area (Å²) < 4.78 is 5.26. The lowest BCUT2D eigenvalue weighted by atomic mass is 10.1. The van der Waals surface area contributed by atoms with Crippen molar-refractivity contribution in [3.8, 4) is 0 Å². The molecule has 0 bridgehead atoms. The van der Waals surface area contributed by atoms with Crippen LogP contribution in [0.1, 0.15) is 49.6 Å². The quantitative estimate of drug-likeness (QED) is 0.868. The molecule has 0 N–H and O–H groups in total. The van der Waals surface area contributed by atoms with Gasteiger partial charge in [-0.05, 0) is 39.0 Å². The molecule has 4 rings (SSSR count). The molecule has 2 aliphatic rings. The zero-order valence-corrected chi connectivity index (χ0v) is 13.6. The van der Waals surface area contributed by atoms with Gasteiger partial charge in [0.1, 0.15) is 29.4 Å². The van der Waals surface area contributed by atoms with E-state index in [0.717, 1.165) is 55.6 Å². The third-order valence-corrected chi connectivity index (χ3v) is 4.85. The second-order valence-electron chi connectivity index (χ2n) is 6.50. The Balaban J connectivity index is 1.59. The van der Waals surface area contributed by atoms with E-state index in [-0.39, 0.29) is 6.04 Å². The second-order valence-corrected chi connectivity index (χ2v) is 6.50. The topological polar surface area (TPSA) is 58.3 Å². The van der Waals surface area contributed by atoms with Crippen molar-refractivity contribution < 1.29 is 4.52 Å². The maximum Gasteiger partial charge on any atom is 0.134 e. The van der Waals surface area contributed by atoms with Crippen LogP contribution in [0.4, 0.5) is 11.6 Å². The Morgan fingerprint density at radius 1 is 1.00 bits per heavy atom. The number of rotatable bonds is 3. The second kappa shape index (κ2) is 6.18. The third-order valence-electron chi connectivity index (χ3n) is 4.85. The normalized spacial score (nSPS) is 21.9. The molecule has 0 amide bonds. The number of piperidine rings is 1. The van der Waals surface area contributed by atoms with E-state index in [9.17, 15) is 0 Å². The Morgan fingerprint density at radius 3 is 2.61 bits per heavy atom. The van der Waals surface area contributed by atoms with Gasteiger partial charge in [-0.3, -0.25) is 0 Å². The number of hydrogen-bond donors (Lipinski definition) is 0. The van der Waals surface area contributed by atoms with Gasteiger partial charge < -0.3 is 14.3 Å². The fraction of sp³-hybridized carbons (Fsp3) is 0.588. The minimum Gasteiger partial charge on any atom is -0.361 e. The summed E-state index contributed by atoms with van der Waals surface area (Å²) >= 11 is 0. The highest BCUT2D eigenvalue weighted by molar-refractivity contribution is 5.52. The van der Waals surface area contributed by atoms with Gasteiger partial charge in [0.25, 0.3) is 0 Å². The van der Waals surface area contributed by atoms with E-state index in [1.165, 1.54) is 19.3 Å². The van der Waals surface area contributed by atoms with Crippen LogP contribution >= 0.6 is 0 Å². The molecule has 2 aliphatic heterocycles. The van der Waals surface area contributed by atoms with Crippen LogP contribution < -0.4 is 9.80 Å². The largest absolute Gasteiger partial charge is 0.361 e. The standard InChI is InChI=1S/C17H23N5O/c1-13-10-14(20-23-13)15-6-5-9-22(15)17-11-16(18-12-19-17)21-7-3-2-4-8-21/h10-12,15H,2-9H2,1H3. The van der Waals surface area contributed by atoms with Crippen LogP contribution in [0.15, 0.2) is 23.0 Å². The first kappa shape index (κ1) is 14.5. The lowest BCUT2D eigenvalue weighted by Gasteiger charge is -2.29. The molecular weight excluding hydrogens is 290 g/mol. The summed E-state index contributed by atoms with van der Waals surface area (Å²) in [7, 11) is 0. The van der Waals surface area contributed by atoms with E-state index in [2.05, 4.69) is 31.0 Å². The van der Waals surface area contributed by atoms with E-state index in [1.54, 1.807) is 6.33 Å². The van der Waals surface area contributed by atoms with Crippen molar-refractivity contribution in [2.24, 2.45) is 0 Å². The number of anilines is 2. The van der Waals surface area contributed by atoms with Crippen molar-refractivity contribution in [3.05, 3.63) is 29.9 Å². The molecule has 4 heterocycles. The van der Waals surface area contributed by atoms with Crippen molar-refractivity contribution in [3.63, 3.8) is 0 Å². The summed E-state index contributed by atoms with van der Waals surface area (Å²) in [5.74, 6) is 2.92. The summed E-state index contributed by atoms with van der Waals surface area (Å²) in [6.45, 7) is 5.15. The SMILES string of the molecule is Cc1cc(C2CCCN2c2cc(N3CCCCC3)ncn2)no1. The van der Waals surface area contributed by atoms with Gasteiger partial charge in [0.2, 0.25) is 0 Å². The Morgan fingerprint density at radius 2 is 1.83 bits per heavy atom. The fourth-order valence-electron chi connectivity index (χ4n) is 3.68. The summed E-state index contributed by atoms with van der Waals surface area (Å²) in [5, 5.41) is 4.22. The smallest absolute Gasteiger partial charge is 0.134 e. The molecule has 0 radical (unpaired) electrons. The van der Waals surface area contributed by atoms with Gasteiger partial charge in [0.05, 0.1) is 6.04 Å². The van der Waals surface area contributed by atoms with Gasteiger partial charge in [-0.25, -0.2) is 9.97 Å². The van der Waals surface area contributed by atoms with Crippen LogP contribution in [0.3, 0.4) is 0 Å². The molecule has 2 saturated heterocycles. The van der Waals surface area contributed by atoms with Crippen molar-refractivity contribution >= 4 is 11.6 Å². The molecule has 0 aliphatic carbocycles. The first-order valence-corrected chi connectivity index (χ1v) is 8.58. The fourth-order valence-corrected chi connectivity index (χ4v) is 3.68. The molecule has 6 heteroatoms. The van der Waals surface area contributed by atoms with Gasteiger partial charge in [0.15, 0.2) is 0 Å². The highest BCUT2D eigenvalue weighted by Crippen LogP contribution is 2.35. The molecule has 0 spiro atoms. The summed E-state index contributed by atoms with van der Waals surface area (Å²) in [6.07, 6.45) is 7.78. The van der Waals surface area contributed by atoms with E-state index in [1.807, 2.05) is 13.0 Å². The minimum absolute atomic E-state index is 0.261. The molecular formula is C17H23N5O. The monoisotopic (exact) mass is 313 g/mol. The summed E-state index contributed by atoms with van der Waals surface area (Å²) in [5.41, 5.74) is 1.01. The van der Waals surface area contributed by atoms with E-state index < -0.39 is 0 Å². The van der Waals surface area contributed by atoms with Crippen LogP contribution in [-0.4, -0.2) is 34.8 Å². The first-order valence-electron chi connectivity index (χ1n) is 8.58. The molecule has 6 nitrogen and oxygen atoms in total. The van der Waals surface area contributed by atoms with E-state index in [4.69, 9.17) is 4.52 Å². The minimum atomic E-state index is 0.261. The van der Waals surface area contributed by atoms with Gasteiger partial charge >= 0.3 is 0 Å². The lowest BCUT2D eigenvalue weighted by molar-refractivity contribution is 0.385. The molecule has 2 aromatic rings. The molecule has 2 fully saturated rings. The van der Waals surface area contributed by atoms with Crippen LogP contribution in [0.2, 0.25) is 0 Å². The van der Waals surface area contributed by atoms with E-state index in [0.29, 0.717) is 0 Å². The molecule has 1 atom stereocenters. The predicted molar refractivity (Wildman–Crippen MR) is 88.7 cm³/mol. The molecule has 0 aromatic carbocycles. The maximum absolute atomic E-state index is 5.26. The first-order chi connectivity index (χ1) is 11.3. The molecule has 0 saturated carbocycles. The lowest BCUT2D eigenvalue weighted by Crippen LogP contribution is -2.31. The zero-order chi connectivity index (χ0) is 15.6. The number of aromatic nitrogens is 3. The van der Waals surface area contributed by atoms with Gasteiger partial charge in [-0.2, -0.15) is 0 Å². The Bertz CT molecular complexity index is 665. The summed E-state index contributed by atoms with van der Waals surface area (Å²) in [4.78, 5) is 13.7. The van der Waals surface area contributed by atoms with Crippen molar-refractivity contribution in [1.82, 2.24) is 15.1 Å². The maximum atomic E-state index is 5.26. The zero-order valence-electron chi connectivity index (χ0n) is 13.6. The molecule has 2 aromatic heterocycles. The van der Waals surface area contributed by atoms with Crippen LogP contribution in [0, 0.1) is 6.92 Å². The highest BCUT2D eigenvalue weighted by atomic mass is 16.5. The Hall–Kier alpha value is -2.11. The van der Waals surface area contributed by atoms with Crippen LogP contribution in [0.5, 0.6) is 0 Å². The van der Waals surface area contributed by atoms with Crippen molar-refractivity contribution in [2.75, 3.05) is 29.4 Å². The Labute approximate surface area is 136 Å². The average molecular weight is 313 g/mol. The highest BCUT2D eigenvalue weighted by Gasteiger charge is 2.30. The molecule has 122 valence electrons. The van der Waals surface area contributed by atoms with Crippen LogP contribution in [0.25, 0.3) is 0 Å². The van der Waals surface area contributed by atoms with E-state index >= 15 is 0 Å². The predicted octanol–water partition coefficient (Wildman–Crippen LogP) is 3.10. The Kier molecular flexibility index (Phi) is 3.89. The molecule has 23 heavy (non-hydrogen) atoms. The van der Waals surface area contributed by atoms with Gasteiger partial charge in [-0.15, -0.1) is 0 Å². The van der Waals surface area contributed by atoms with Gasteiger partial charge in [0, 0.05) is 31.8 Å². The van der Waals surface area contributed by atoms with Crippen LogP contribution in [-0.2, 0) is 0 Å². The summed E-state index contributed by atoms with van der Waals surface area (Å²) in [6, 6.07) is 4.43. The van der Waals surface area contributed by atoms with Gasteiger partial charge in [-0.1, -0.05) is 5.16 Å². The van der Waals surface area contributed by atoms with Crippen molar-refractivity contribution in [1.29, 1.82) is 0 Å². The average Bonchev–Trinajstić information content (AvgIpc) is 3.24. The number of aryl methyl sites for hydroxylation is 1. The number of hydrogen-bond acceptors (Lipinski definition) is 6. The van der Waals surface area contributed by atoms with Crippen molar-refractivity contribution in [2.45, 2.75) is 45.1 Å².